The molecule has 55 heavy (non-hydrogen) atoms. The third kappa shape index (κ3) is 4.88. The van der Waals surface area contributed by atoms with E-state index < -0.39 is 0 Å². The van der Waals surface area contributed by atoms with Crippen LogP contribution >= 0.6 is 0 Å². The molecule has 1 aromatic heterocycles. The summed E-state index contributed by atoms with van der Waals surface area (Å²) in [6.07, 6.45) is 0. The number of fused-ring (bicyclic) bond motifs is 9. The van der Waals surface area contributed by atoms with Crippen LogP contribution in [0.25, 0.3) is 76.9 Å². The topological polar surface area (TPSA) is 16.4 Å². The summed E-state index contributed by atoms with van der Waals surface area (Å²) in [5.41, 5.74) is 15.3. The van der Waals surface area contributed by atoms with Gasteiger partial charge < -0.3 is 9.32 Å². The van der Waals surface area contributed by atoms with Gasteiger partial charge in [-0.3, -0.25) is 0 Å². The molecule has 0 saturated carbocycles. The van der Waals surface area contributed by atoms with Crippen molar-refractivity contribution in [1.82, 2.24) is 0 Å². The first-order valence-corrected chi connectivity index (χ1v) is 19.1. The molecule has 11 rings (SSSR count). The van der Waals surface area contributed by atoms with E-state index in [1.165, 1.54) is 54.9 Å². The van der Waals surface area contributed by atoms with E-state index in [2.05, 4.69) is 195 Å². The summed E-state index contributed by atoms with van der Waals surface area (Å²) in [6.45, 7) is 4.69. The molecular formula is C53H37NO. The van der Waals surface area contributed by atoms with E-state index in [0.717, 1.165) is 50.1 Å². The van der Waals surface area contributed by atoms with Gasteiger partial charge in [0.2, 0.25) is 0 Å². The lowest BCUT2D eigenvalue weighted by molar-refractivity contribution is 0.660. The summed E-state index contributed by atoms with van der Waals surface area (Å²) in [5.74, 6) is 0. The molecule has 0 fully saturated rings. The van der Waals surface area contributed by atoms with Crippen molar-refractivity contribution in [2.75, 3.05) is 4.90 Å². The Hall–Kier alpha value is -6.90. The quantitative estimate of drug-likeness (QED) is 0.166. The van der Waals surface area contributed by atoms with E-state index in [-0.39, 0.29) is 5.41 Å². The molecule has 260 valence electrons. The number of rotatable bonds is 5. The average molecular weight is 704 g/mol. The number of nitrogens with zero attached hydrogens (tertiary/aromatic N) is 1. The molecule has 0 radical (unpaired) electrons. The van der Waals surface area contributed by atoms with Crippen molar-refractivity contribution in [3.63, 3.8) is 0 Å². The Kier molecular flexibility index (Phi) is 6.93. The van der Waals surface area contributed by atoms with Crippen LogP contribution in [0.4, 0.5) is 17.1 Å². The number of furan rings is 1. The highest BCUT2D eigenvalue weighted by atomic mass is 16.3. The minimum Gasteiger partial charge on any atom is -0.455 e. The molecule has 1 aliphatic carbocycles. The Morgan fingerprint density at radius 3 is 1.75 bits per heavy atom. The van der Waals surface area contributed by atoms with E-state index in [1.54, 1.807) is 0 Å². The van der Waals surface area contributed by atoms with Crippen LogP contribution < -0.4 is 4.90 Å². The molecule has 0 saturated heterocycles. The minimum absolute atomic E-state index is 0.0406. The van der Waals surface area contributed by atoms with Crippen LogP contribution in [0.2, 0.25) is 0 Å². The maximum Gasteiger partial charge on any atom is 0.143 e. The highest BCUT2D eigenvalue weighted by molar-refractivity contribution is 6.10. The Morgan fingerprint density at radius 1 is 0.400 bits per heavy atom. The van der Waals surface area contributed by atoms with Crippen LogP contribution in [-0.2, 0) is 5.41 Å². The summed E-state index contributed by atoms with van der Waals surface area (Å²) in [7, 11) is 0. The molecule has 0 N–H and O–H groups in total. The Balaban J connectivity index is 1.05. The second-order valence-electron chi connectivity index (χ2n) is 15.3. The second kappa shape index (κ2) is 12.1. The van der Waals surface area contributed by atoms with Crippen LogP contribution in [0.1, 0.15) is 25.0 Å². The van der Waals surface area contributed by atoms with E-state index in [1.807, 2.05) is 12.1 Å². The van der Waals surface area contributed by atoms with Gasteiger partial charge in [-0.15, -0.1) is 0 Å². The molecule has 1 heterocycles. The largest absolute Gasteiger partial charge is 0.455 e. The third-order valence-corrected chi connectivity index (χ3v) is 11.9. The Bertz CT molecular complexity index is 3110. The number of hydrogen-bond donors (Lipinski definition) is 0. The normalized spacial score (nSPS) is 13.1. The second-order valence-corrected chi connectivity index (χ2v) is 15.3. The number of benzene rings is 9. The zero-order valence-electron chi connectivity index (χ0n) is 30.8. The van der Waals surface area contributed by atoms with E-state index in [0.29, 0.717) is 0 Å². The first-order valence-electron chi connectivity index (χ1n) is 19.1. The van der Waals surface area contributed by atoms with Gasteiger partial charge in [0.05, 0.1) is 0 Å². The Morgan fingerprint density at radius 2 is 0.945 bits per heavy atom. The molecule has 2 heteroatoms. The fraction of sp³-hybridized carbons (Fsp3) is 0.0566. The van der Waals surface area contributed by atoms with Crippen molar-refractivity contribution in [3.8, 4) is 33.4 Å². The summed E-state index contributed by atoms with van der Waals surface area (Å²) >= 11 is 0. The van der Waals surface area contributed by atoms with E-state index >= 15 is 0 Å². The SMILES string of the molecule is CC1(C)c2ccccc2-c2c(-c3ccc(N(c4ccc(-c5cccc6c5oc5ccccc56)cc4)c4ccc5ccc6ccccc6c5c4)cc3)cccc21. The molecule has 0 unspecified atom stereocenters. The fourth-order valence-corrected chi connectivity index (χ4v) is 9.13. The van der Waals surface area contributed by atoms with Crippen LogP contribution in [-0.4, -0.2) is 0 Å². The fourth-order valence-electron chi connectivity index (χ4n) is 9.13. The molecule has 0 amide bonds. The maximum atomic E-state index is 6.43. The number of hydrogen-bond acceptors (Lipinski definition) is 2. The molecule has 0 bridgehead atoms. The zero-order chi connectivity index (χ0) is 36.7. The summed E-state index contributed by atoms with van der Waals surface area (Å²) in [6, 6.07) is 68.4. The smallest absolute Gasteiger partial charge is 0.143 e. The molecule has 1 aliphatic rings. The highest BCUT2D eigenvalue weighted by Crippen LogP contribution is 2.52. The van der Waals surface area contributed by atoms with Gasteiger partial charge in [-0.2, -0.15) is 0 Å². The van der Waals surface area contributed by atoms with Gasteiger partial charge in [0, 0.05) is 38.8 Å². The predicted molar refractivity (Wildman–Crippen MR) is 232 cm³/mol. The van der Waals surface area contributed by atoms with Crippen molar-refractivity contribution in [2.24, 2.45) is 0 Å². The third-order valence-electron chi connectivity index (χ3n) is 11.9. The van der Waals surface area contributed by atoms with Crippen molar-refractivity contribution < 1.29 is 4.42 Å². The average Bonchev–Trinajstić information content (AvgIpc) is 3.74. The maximum absolute atomic E-state index is 6.43. The van der Waals surface area contributed by atoms with Crippen LogP contribution in [0.3, 0.4) is 0 Å². The lowest BCUT2D eigenvalue weighted by Crippen LogP contribution is -2.14. The minimum atomic E-state index is -0.0406. The standard InChI is InChI=1S/C53H37NO/c1-53(2)48-18-7-5-14-46(48)51-42(15-10-19-49(51)53)35-23-28-38(29-24-35)54(40-32-27-37-22-21-34-11-3-4-12-41(34)47(37)33-40)39-30-25-36(26-31-39)43-16-9-17-45-44-13-6-8-20-50(44)55-52(43)45/h3-33H,1-2H3. The summed E-state index contributed by atoms with van der Waals surface area (Å²) in [4.78, 5) is 2.38. The van der Waals surface area contributed by atoms with Crippen LogP contribution in [0.5, 0.6) is 0 Å². The van der Waals surface area contributed by atoms with Gasteiger partial charge in [-0.05, 0) is 103 Å². The monoisotopic (exact) mass is 703 g/mol. The summed E-state index contributed by atoms with van der Waals surface area (Å²) < 4.78 is 6.43. The Labute approximate surface area is 320 Å². The van der Waals surface area contributed by atoms with Crippen LogP contribution in [0, 0.1) is 0 Å². The van der Waals surface area contributed by atoms with E-state index in [4.69, 9.17) is 4.42 Å². The van der Waals surface area contributed by atoms with Gasteiger partial charge >= 0.3 is 0 Å². The lowest BCUT2D eigenvalue weighted by Gasteiger charge is -2.26. The van der Waals surface area contributed by atoms with Crippen LogP contribution in [0.15, 0.2) is 192 Å². The van der Waals surface area contributed by atoms with Gasteiger partial charge in [0.15, 0.2) is 0 Å². The first-order chi connectivity index (χ1) is 27.0. The molecule has 10 aromatic rings. The molecule has 9 aromatic carbocycles. The van der Waals surface area contributed by atoms with E-state index in [9.17, 15) is 0 Å². The van der Waals surface area contributed by atoms with Crippen molar-refractivity contribution in [2.45, 2.75) is 19.3 Å². The molecule has 2 nitrogen and oxygen atoms in total. The number of anilines is 3. The summed E-state index contributed by atoms with van der Waals surface area (Å²) in [5, 5.41) is 7.25. The molecule has 0 aliphatic heterocycles. The van der Waals surface area contributed by atoms with Gasteiger partial charge in [0.1, 0.15) is 11.2 Å². The lowest BCUT2D eigenvalue weighted by atomic mass is 9.82. The highest BCUT2D eigenvalue weighted by Gasteiger charge is 2.36. The molecule has 0 atom stereocenters. The van der Waals surface area contributed by atoms with Gasteiger partial charge in [-0.1, -0.05) is 159 Å². The van der Waals surface area contributed by atoms with Crippen molar-refractivity contribution >= 4 is 60.5 Å². The van der Waals surface area contributed by atoms with Gasteiger partial charge in [0.25, 0.3) is 0 Å². The van der Waals surface area contributed by atoms with Crippen molar-refractivity contribution in [3.05, 3.63) is 199 Å². The predicted octanol–water partition coefficient (Wildman–Crippen LogP) is 15.0. The number of para-hydroxylation sites is 2. The zero-order valence-corrected chi connectivity index (χ0v) is 30.8. The molecule has 0 spiro atoms. The first kappa shape index (κ1) is 31.6. The van der Waals surface area contributed by atoms with Crippen molar-refractivity contribution in [1.29, 1.82) is 0 Å². The molecular weight excluding hydrogens is 667 g/mol. The van der Waals surface area contributed by atoms with Gasteiger partial charge in [-0.25, -0.2) is 0 Å².